The van der Waals surface area contributed by atoms with Crippen LogP contribution in [-0.2, 0) is 41.8 Å². The van der Waals surface area contributed by atoms with Crippen LogP contribution in [0.5, 0.6) is 0 Å². The minimum Gasteiger partial charge on any atom is -0.457 e. The second-order valence-corrected chi connectivity index (χ2v) is 16.0. The number of esters is 1. The van der Waals surface area contributed by atoms with Crippen molar-refractivity contribution in [3.63, 3.8) is 0 Å². The van der Waals surface area contributed by atoms with E-state index in [0.717, 1.165) is 32.1 Å². The number of phosphoric acid groups is 2. The van der Waals surface area contributed by atoms with E-state index in [-0.39, 0.29) is 25.2 Å². The molecule has 0 bridgehead atoms. The molecule has 356 valence electrons. The molecule has 60 heavy (non-hydrogen) atoms. The predicted molar refractivity (Wildman–Crippen MR) is 237 cm³/mol. The van der Waals surface area contributed by atoms with Crippen LogP contribution in [0.1, 0.15) is 129 Å². The molecule has 0 aliphatic heterocycles. The van der Waals surface area contributed by atoms with Crippen molar-refractivity contribution in [2.45, 2.75) is 159 Å². The molecule has 18 nitrogen and oxygen atoms in total. The molecule has 0 aromatic heterocycles. The molecule has 1 aliphatic rings. The van der Waals surface area contributed by atoms with E-state index < -0.39 is 84.3 Å². The van der Waals surface area contributed by atoms with Crippen molar-refractivity contribution in [2.24, 2.45) is 0 Å². The molecule has 4 unspecified atom stereocenters. The summed E-state index contributed by atoms with van der Waals surface area (Å²) in [5.41, 5.74) is 0. The summed E-state index contributed by atoms with van der Waals surface area (Å²) < 4.78 is 47.5. The number of nitrogens with one attached hydrogen (secondary N) is 1. The fourth-order valence-corrected chi connectivity index (χ4v) is 6.94. The summed E-state index contributed by atoms with van der Waals surface area (Å²) in [6, 6.07) is 2.41. The number of unbranched alkanes of at least 4 members (excludes halogenated alkanes) is 12. The lowest BCUT2D eigenvalue weighted by Crippen LogP contribution is -2.64. The van der Waals surface area contributed by atoms with E-state index in [9.17, 15) is 44.0 Å². The molecule has 1 rings (SSSR count). The maximum absolute atomic E-state index is 12.5. The van der Waals surface area contributed by atoms with Gasteiger partial charge in [0.1, 0.15) is 49.5 Å². The van der Waals surface area contributed by atoms with Gasteiger partial charge in [-0.15, -0.1) is 6.42 Å². The topological polar surface area (TPSA) is 288 Å². The summed E-state index contributed by atoms with van der Waals surface area (Å²) in [5.74, 6) is 18.3. The monoisotopic (exact) mass is 907 g/mol. The fourth-order valence-electron chi connectivity index (χ4n) is 5.40. The Hall–Kier alpha value is -3.28. The van der Waals surface area contributed by atoms with E-state index >= 15 is 0 Å². The first kappa shape index (κ1) is 56.7. The van der Waals surface area contributed by atoms with Gasteiger partial charge in [0.15, 0.2) is 0 Å². The lowest BCUT2D eigenvalue weighted by atomic mass is 9.85. The summed E-state index contributed by atoms with van der Waals surface area (Å²) >= 11 is 0. The van der Waals surface area contributed by atoms with E-state index in [1.807, 2.05) is 6.92 Å². The minimum absolute atomic E-state index is 0. The predicted octanol–water partition coefficient (Wildman–Crippen LogP) is 4.50. The van der Waals surface area contributed by atoms with Gasteiger partial charge in [-0.05, 0) is 36.5 Å². The molecule has 0 radical (unpaired) electrons. The first-order valence-corrected chi connectivity index (χ1v) is 22.8. The van der Waals surface area contributed by atoms with Crippen LogP contribution >= 0.6 is 15.6 Å². The van der Waals surface area contributed by atoms with Gasteiger partial charge in [-0.25, -0.2) is 9.13 Å². The van der Waals surface area contributed by atoms with Crippen LogP contribution in [0.15, 0.2) is 0 Å². The Morgan fingerprint density at radius 1 is 0.667 bits per heavy atom. The summed E-state index contributed by atoms with van der Waals surface area (Å²) in [7, 11) is -10.5. The standard InChI is InChI=1S/C26H52O16P2.C14H9NO.9H2/c1-2-3-4-5-6-7-8-9-10-11-12-13-14-15-20(28)40-19(16-38-18-27)17-39-44(36,37)42-26-23(31)21(29)22(30)25(24(26)32)41-43(33,34)35;1-3-5-6-7-8-9-10-11-13-15-14(16)12-4-2;;;;;;;;;/h19,21-27,29-32H,2-18H2,1H3,(H,36,37)(H2,33,34,35);1H,4,12H2,2H3,(H,15,16);9*1H/t19-,21-,22+,23?,24+,25?,26?;;;;;;;;;;/m1........../s1. The number of hydrogen-bond donors (Lipinski definition) is 9. The fraction of sp³-hybridized carbons (Fsp3) is 0.700. The number of carbonyl (C=O) groups is 2. The van der Waals surface area contributed by atoms with Crippen LogP contribution in [0.2, 0.25) is 0 Å². The number of terminal acetylenes is 1. The molecule has 0 spiro atoms. The SMILES string of the molecule is C#CC#CC#CC#CC#CNC(=O)CCC.CCCCCCCCCCCCCCCC(=O)O[C@H](COCO)COP(=O)(O)OC1C(O)[C@H](O)[C@H](O)C(OP(=O)(O)O)[C@@H]1O.[HH].[HH].[HH].[HH].[HH].[HH].[HH].[HH].[HH]. The molecule has 0 aromatic carbocycles. The number of carbonyl (C=O) groups excluding carboxylic acids is 2. The van der Waals surface area contributed by atoms with Gasteiger partial charge in [-0.3, -0.25) is 28.5 Å². The van der Waals surface area contributed by atoms with E-state index in [2.05, 4.69) is 70.2 Å². The van der Waals surface area contributed by atoms with Gasteiger partial charge in [-0.1, -0.05) is 90.9 Å². The maximum Gasteiger partial charge on any atom is 0.472 e. The van der Waals surface area contributed by atoms with Gasteiger partial charge in [-0.2, -0.15) is 0 Å². The highest BCUT2D eigenvalue weighted by Gasteiger charge is 2.54. The summed E-state index contributed by atoms with van der Waals surface area (Å²) in [4.78, 5) is 51.4. The zero-order valence-corrected chi connectivity index (χ0v) is 36.0. The third-order valence-electron chi connectivity index (χ3n) is 8.35. The van der Waals surface area contributed by atoms with Crippen molar-refractivity contribution in [1.82, 2.24) is 5.32 Å². The first-order valence-electron chi connectivity index (χ1n) is 19.8. The van der Waals surface area contributed by atoms with Gasteiger partial charge in [0.25, 0.3) is 0 Å². The normalized spacial score (nSPS) is 20.8. The lowest BCUT2D eigenvalue weighted by Gasteiger charge is -2.43. The molecular weight excluding hydrogens is 828 g/mol. The molecule has 0 aromatic rings. The van der Waals surface area contributed by atoms with Crippen molar-refractivity contribution < 1.29 is 94.8 Å². The smallest absolute Gasteiger partial charge is 0.457 e. The van der Waals surface area contributed by atoms with Gasteiger partial charge in [0.05, 0.1) is 13.2 Å². The van der Waals surface area contributed by atoms with Gasteiger partial charge >= 0.3 is 21.6 Å². The van der Waals surface area contributed by atoms with Crippen molar-refractivity contribution in [3.8, 4) is 59.8 Å². The highest BCUT2D eigenvalue weighted by atomic mass is 31.2. The number of rotatable bonds is 27. The molecule has 1 fully saturated rings. The van der Waals surface area contributed by atoms with Crippen LogP contribution in [0.3, 0.4) is 0 Å². The summed E-state index contributed by atoms with van der Waals surface area (Å²) in [6.45, 7) is 2.17. The highest BCUT2D eigenvalue weighted by Crippen LogP contribution is 2.49. The average molecular weight is 908 g/mol. The molecular formula is C40H79NO17P2. The largest absolute Gasteiger partial charge is 0.472 e. The Bertz CT molecular complexity index is 1670. The Kier molecular flexibility index (Phi) is 32.4. The molecule has 20 heteroatoms. The Labute approximate surface area is 366 Å². The zero-order valence-electron chi connectivity index (χ0n) is 34.2. The van der Waals surface area contributed by atoms with Crippen LogP contribution in [0, 0.1) is 59.8 Å². The maximum atomic E-state index is 12.5. The molecule has 0 saturated heterocycles. The molecule has 1 aliphatic carbocycles. The van der Waals surface area contributed by atoms with E-state index in [0.29, 0.717) is 12.8 Å². The summed E-state index contributed by atoms with van der Waals surface area (Å²) in [5, 5.41) is 51.7. The van der Waals surface area contributed by atoms with Crippen molar-refractivity contribution in [2.75, 3.05) is 20.0 Å². The third kappa shape index (κ3) is 29.1. The van der Waals surface area contributed by atoms with Crippen molar-refractivity contribution in [1.29, 1.82) is 0 Å². The number of phosphoric ester groups is 2. The molecule has 1 amide bonds. The van der Waals surface area contributed by atoms with Gasteiger partial charge < -0.3 is 49.7 Å². The lowest BCUT2D eigenvalue weighted by molar-refractivity contribution is -0.216. The quantitative estimate of drug-likeness (QED) is 0.0137. The number of ether oxygens (including phenoxy) is 2. The van der Waals surface area contributed by atoms with E-state index in [1.165, 1.54) is 51.4 Å². The van der Waals surface area contributed by atoms with Crippen LogP contribution in [0.4, 0.5) is 0 Å². The van der Waals surface area contributed by atoms with Crippen molar-refractivity contribution >= 4 is 27.5 Å². The van der Waals surface area contributed by atoms with E-state index in [1.54, 1.807) is 0 Å². The van der Waals surface area contributed by atoms with Crippen LogP contribution in [-0.4, -0.2) is 115 Å². The molecule has 0 heterocycles. The van der Waals surface area contributed by atoms with Crippen LogP contribution < -0.4 is 5.32 Å². The van der Waals surface area contributed by atoms with Crippen molar-refractivity contribution in [3.05, 3.63) is 0 Å². The number of aliphatic hydroxyl groups excluding tert-OH is 5. The molecule has 9 N–H and O–H groups in total. The number of amides is 1. The van der Waals surface area contributed by atoms with Crippen LogP contribution in [0.25, 0.3) is 0 Å². The molecule has 1 saturated carbocycles. The second-order valence-electron chi connectivity index (χ2n) is 13.4. The Balaban J connectivity index is -0.000000151. The Morgan fingerprint density at radius 2 is 1.17 bits per heavy atom. The summed E-state index contributed by atoms with van der Waals surface area (Å²) in [6.07, 6.45) is 6.37. The number of aliphatic hydroxyl groups is 5. The minimum atomic E-state index is -5.32. The second kappa shape index (κ2) is 34.3. The first-order chi connectivity index (χ1) is 28.5. The highest BCUT2D eigenvalue weighted by molar-refractivity contribution is 7.47. The van der Waals surface area contributed by atoms with E-state index in [4.69, 9.17) is 39.8 Å². The van der Waals surface area contributed by atoms with Gasteiger partial charge in [0.2, 0.25) is 5.91 Å². The Morgan fingerprint density at radius 3 is 1.67 bits per heavy atom. The zero-order chi connectivity index (χ0) is 45.2. The number of hydrogen-bond acceptors (Lipinski definition) is 14. The third-order valence-corrected chi connectivity index (χ3v) is 9.85. The molecule has 8 atom stereocenters. The van der Waals surface area contributed by atoms with Gasteiger partial charge in [0, 0.05) is 55.4 Å². The average Bonchev–Trinajstić information content (AvgIpc) is 3.19.